The molecule has 0 fully saturated rings. The van der Waals surface area contributed by atoms with Gasteiger partial charge in [-0.25, -0.2) is 0 Å². The second-order valence-electron chi connectivity index (χ2n) is 2.44. The van der Waals surface area contributed by atoms with E-state index in [1.54, 1.807) is 0 Å². The van der Waals surface area contributed by atoms with Crippen LogP contribution in [-0.4, -0.2) is 47.3 Å². The predicted octanol–water partition coefficient (Wildman–Crippen LogP) is -3.73. The molecule has 13 heavy (non-hydrogen) atoms. The van der Waals surface area contributed by atoms with E-state index in [4.69, 9.17) is 21.7 Å². The normalized spacial score (nSPS) is 14.7. The Hall–Kier alpha value is -1.18. The summed E-state index contributed by atoms with van der Waals surface area (Å²) in [7, 11) is 0. The Bertz CT molecular complexity index is 196. The summed E-state index contributed by atoms with van der Waals surface area (Å²) in [6.07, 6.45) is 0. The maximum absolute atomic E-state index is 10.9. The molecule has 0 heterocycles. The van der Waals surface area contributed by atoms with Crippen molar-refractivity contribution in [2.75, 3.05) is 13.2 Å². The molecular weight excluding hydrogens is 178 g/mol. The first-order valence-corrected chi connectivity index (χ1v) is 3.60. The van der Waals surface area contributed by atoms with Gasteiger partial charge in [-0.05, 0) is 0 Å². The third kappa shape index (κ3) is 3.83. The summed E-state index contributed by atoms with van der Waals surface area (Å²) >= 11 is 0. The number of nitrogens with two attached hydrogens (primary N) is 2. The lowest BCUT2D eigenvalue weighted by atomic mass is 10.2. The highest BCUT2D eigenvalue weighted by atomic mass is 16.3. The Morgan fingerprint density at radius 1 is 1.31 bits per heavy atom. The van der Waals surface area contributed by atoms with E-state index in [9.17, 15) is 9.59 Å². The molecule has 0 aromatic heterocycles. The van der Waals surface area contributed by atoms with Crippen molar-refractivity contribution in [3.05, 3.63) is 0 Å². The van der Waals surface area contributed by atoms with E-state index in [-0.39, 0.29) is 0 Å². The SMILES string of the molecule is NC(=O)C(CO)NC(=O)C(N)CO. The van der Waals surface area contributed by atoms with Crippen molar-refractivity contribution in [1.82, 2.24) is 5.32 Å². The molecular formula is C6H13N3O4. The Balaban J connectivity index is 4.09. The molecule has 0 aromatic carbocycles. The van der Waals surface area contributed by atoms with Gasteiger partial charge in [-0.2, -0.15) is 0 Å². The molecule has 0 bridgehead atoms. The van der Waals surface area contributed by atoms with Gasteiger partial charge in [0.1, 0.15) is 12.1 Å². The fourth-order valence-corrected chi connectivity index (χ4v) is 0.568. The van der Waals surface area contributed by atoms with Crippen LogP contribution in [0.15, 0.2) is 0 Å². The number of hydrogen-bond donors (Lipinski definition) is 5. The first kappa shape index (κ1) is 11.8. The summed E-state index contributed by atoms with van der Waals surface area (Å²) in [6.45, 7) is -1.14. The second-order valence-corrected chi connectivity index (χ2v) is 2.44. The van der Waals surface area contributed by atoms with E-state index in [0.29, 0.717) is 0 Å². The summed E-state index contributed by atoms with van der Waals surface area (Å²) in [6, 6.07) is -2.28. The Kier molecular flexibility index (Phi) is 4.97. The highest BCUT2D eigenvalue weighted by Crippen LogP contribution is 1.83. The van der Waals surface area contributed by atoms with Crippen LogP contribution in [0.1, 0.15) is 0 Å². The van der Waals surface area contributed by atoms with Crippen LogP contribution >= 0.6 is 0 Å². The van der Waals surface area contributed by atoms with Crippen LogP contribution in [-0.2, 0) is 9.59 Å². The lowest BCUT2D eigenvalue weighted by molar-refractivity contribution is -0.129. The molecule has 0 rings (SSSR count). The third-order valence-electron chi connectivity index (χ3n) is 1.38. The molecule has 0 aliphatic carbocycles. The molecule has 2 atom stereocenters. The average molecular weight is 191 g/mol. The highest BCUT2D eigenvalue weighted by molar-refractivity contribution is 5.88. The highest BCUT2D eigenvalue weighted by Gasteiger charge is 2.20. The average Bonchev–Trinajstić information content (AvgIpc) is 2.11. The zero-order chi connectivity index (χ0) is 10.4. The van der Waals surface area contributed by atoms with Gasteiger partial charge in [0, 0.05) is 0 Å². The molecule has 0 spiro atoms. The lowest BCUT2D eigenvalue weighted by Gasteiger charge is -2.14. The Morgan fingerprint density at radius 2 is 1.85 bits per heavy atom. The topological polar surface area (TPSA) is 139 Å². The van der Waals surface area contributed by atoms with Crippen LogP contribution in [0.3, 0.4) is 0 Å². The minimum Gasteiger partial charge on any atom is -0.394 e. The molecule has 76 valence electrons. The van der Waals surface area contributed by atoms with E-state index >= 15 is 0 Å². The molecule has 0 aromatic rings. The molecule has 7 heteroatoms. The van der Waals surface area contributed by atoms with Gasteiger partial charge in [0.05, 0.1) is 13.2 Å². The number of aliphatic hydroxyl groups excluding tert-OH is 2. The summed E-state index contributed by atoms with van der Waals surface area (Å²) in [5.41, 5.74) is 9.94. The number of primary amides is 1. The maximum Gasteiger partial charge on any atom is 0.242 e. The van der Waals surface area contributed by atoms with Crippen molar-refractivity contribution in [3.63, 3.8) is 0 Å². The van der Waals surface area contributed by atoms with E-state index < -0.39 is 37.1 Å². The van der Waals surface area contributed by atoms with Gasteiger partial charge in [0.2, 0.25) is 11.8 Å². The first-order chi connectivity index (χ1) is 6.02. The number of carbonyl (C=O) groups is 2. The number of aliphatic hydroxyl groups is 2. The summed E-state index contributed by atoms with van der Waals surface area (Å²) in [5.74, 6) is -1.60. The smallest absolute Gasteiger partial charge is 0.242 e. The molecule has 0 saturated heterocycles. The van der Waals surface area contributed by atoms with Crippen LogP contribution < -0.4 is 16.8 Å². The van der Waals surface area contributed by atoms with Crippen LogP contribution in [0, 0.1) is 0 Å². The van der Waals surface area contributed by atoms with E-state index in [1.165, 1.54) is 0 Å². The Morgan fingerprint density at radius 3 is 2.15 bits per heavy atom. The van der Waals surface area contributed by atoms with Gasteiger partial charge in [0.25, 0.3) is 0 Å². The second kappa shape index (κ2) is 5.46. The minimum absolute atomic E-state index is 0.539. The minimum atomic E-state index is -1.16. The molecule has 0 aliphatic rings. The molecule has 7 N–H and O–H groups in total. The largest absolute Gasteiger partial charge is 0.394 e. The number of hydrogen-bond acceptors (Lipinski definition) is 5. The number of carbonyl (C=O) groups excluding carboxylic acids is 2. The molecule has 0 saturated carbocycles. The molecule has 7 nitrogen and oxygen atoms in total. The van der Waals surface area contributed by atoms with Crippen LogP contribution in [0.2, 0.25) is 0 Å². The quantitative estimate of drug-likeness (QED) is 0.304. The Labute approximate surface area is 74.7 Å². The van der Waals surface area contributed by atoms with Crippen LogP contribution in [0.4, 0.5) is 0 Å². The van der Waals surface area contributed by atoms with Crippen molar-refractivity contribution in [1.29, 1.82) is 0 Å². The van der Waals surface area contributed by atoms with Gasteiger partial charge in [-0.3, -0.25) is 9.59 Å². The molecule has 2 unspecified atom stereocenters. The maximum atomic E-state index is 10.9. The molecule has 0 aliphatic heterocycles. The fraction of sp³-hybridized carbons (Fsp3) is 0.667. The van der Waals surface area contributed by atoms with Crippen LogP contribution in [0.5, 0.6) is 0 Å². The van der Waals surface area contributed by atoms with Gasteiger partial charge >= 0.3 is 0 Å². The van der Waals surface area contributed by atoms with Gasteiger partial charge in [-0.1, -0.05) is 0 Å². The van der Waals surface area contributed by atoms with Crippen molar-refractivity contribution in [2.24, 2.45) is 11.5 Å². The first-order valence-electron chi connectivity index (χ1n) is 3.60. The summed E-state index contributed by atoms with van der Waals surface area (Å²) < 4.78 is 0. The zero-order valence-electron chi connectivity index (χ0n) is 6.93. The van der Waals surface area contributed by atoms with Crippen molar-refractivity contribution in [2.45, 2.75) is 12.1 Å². The van der Waals surface area contributed by atoms with E-state index in [1.807, 2.05) is 0 Å². The van der Waals surface area contributed by atoms with Crippen molar-refractivity contribution in [3.8, 4) is 0 Å². The molecule has 0 radical (unpaired) electrons. The third-order valence-corrected chi connectivity index (χ3v) is 1.38. The number of amides is 2. The lowest BCUT2D eigenvalue weighted by Crippen LogP contribution is -2.52. The van der Waals surface area contributed by atoms with Gasteiger partial charge in [0.15, 0.2) is 0 Å². The summed E-state index contributed by atoms with van der Waals surface area (Å²) in [4.78, 5) is 21.5. The van der Waals surface area contributed by atoms with Gasteiger partial charge in [-0.15, -0.1) is 0 Å². The van der Waals surface area contributed by atoms with E-state index in [0.717, 1.165) is 0 Å². The van der Waals surface area contributed by atoms with Crippen molar-refractivity contribution < 1.29 is 19.8 Å². The monoisotopic (exact) mass is 191 g/mol. The molecule has 2 amide bonds. The van der Waals surface area contributed by atoms with Crippen molar-refractivity contribution >= 4 is 11.8 Å². The number of rotatable bonds is 5. The number of nitrogens with one attached hydrogen (secondary N) is 1. The fourth-order valence-electron chi connectivity index (χ4n) is 0.568. The van der Waals surface area contributed by atoms with E-state index in [2.05, 4.69) is 5.32 Å². The predicted molar refractivity (Wildman–Crippen MR) is 43.3 cm³/mol. The summed E-state index contributed by atoms with van der Waals surface area (Å²) in [5, 5.41) is 19.1. The standard InChI is InChI=1S/C6H13N3O4/c7-3(1-10)6(13)9-4(2-11)5(8)12/h3-4,10-11H,1-2,7H2,(H2,8,12)(H,9,13). The van der Waals surface area contributed by atoms with Crippen LogP contribution in [0.25, 0.3) is 0 Å². The van der Waals surface area contributed by atoms with Gasteiger partial charge < -0.3 is 27.0 Å². The zero-order valence-corrected chi connectivity index (χ0v) is 6.93.